The normalized spacial score (nSPS) is 10.9. The second kappa shape index (κ2) is 6.71. The maximum absolute atomic E-state index is 11.8. The molecule has 1 rings (SSSR count). The molecule has 0 spiro atoms. The van der Waals surface area contributed by atoms with Gasteiger partial charge in [0.25, 0.3) is 5.91 Å². The summed E-state index contributed by atoms with van der Waals surface area (Å²) in [6.07, 6.45) is 3.22. The minimum Gasteiger partial charge on any atom is -0.351 e. The number of hydrogen-bond donors (Lipinski definition) is 1. The summed E-state index contributed by atoms with van der Waals surface area (Å²) in [7, 11) is 2.04. The van der Waals surface area contributed by atoms with Crippen LogP contribution in [-0.4, -0.2) is 42.0 Å². The molecule has 0 saturated heterocycles. The van der Waals surface area contributed by atoms with Gasteiger partial charge in [-0.2, -0.15) is 0 Å². The Labute approximate surface area is 111 Å². The van der Waals surface area contributed by atoms with Crippen molar-refractivity contribution in [2.45, 2.75) is 19.9 Å². The zero-order valence-electron chi connectivity index (χ0n) is 10.4. The van der Waals surface area contributed by atoms with E-state index in [0.29, 0.717) is 18.2 Å². The van der Waals surface area contributed by atoms with E-state index in [4.69, 9.17) is 0 Å². The van der Waals surface area contributed by atoms with Crippen molar-refractivity contribution in [1.82, 2.24) is 15.2 Å². The predicted octanol–water partition coefficient (Wildman–Crippen LogP) is 1.91. The Morgan fingerprint density at radius 1 is 1.53 bits per heavy atom. The number of hydrogen-bond acceptors (Lipinski definition) is 3. The third-order valence-corrected chi connectivity index (χ3v) is 3.03. The Morgan fingerprint density at radius 2 is 2.24 bits per heavy atom. The Morgan fingerprint density at radius 3 is 2.82 bits per heavy atom. The minimum absolute atomic E-state index is 0.0871. The fourth-order valence-corrected chi connectivity index (χ4v) is 1.61. The molecule has 0 radical (unpaired) electrons. The molecule has 0 aliphatic heterocycles. The van der Waals surface area contributed by atoms with Gasteiger partial charge in [-0.05, 0) is 42.9 Å². The number of likely N-dealkylation sites (N-methyl/N-ethyl adjacent to an activating group) is 1. The quantitative estimate of drug-likeness (QED) is 0.903. The van der Waals surface area contributed by atoms with Crippen LogP contribution in [0.1, 0.15) is 24.2 Å². The monoisotopic (exact) mass is 299 g/mol. The Bertz CT molecular complexity index is 382. The molecule has 0 fully saturated rings. The lowest BCUT2D eigenvalue weighted by molar-refractivity contribution is 0.0947. The van der Waals surface area contributed by atoms with Crippen LogP contribution in [-0.2, 0) is 0 Å². The summed E-state index contributed by atoms with van der Waals surface area (Å²) in [4.78, 5) is 17.9. The maximum Gasteiger partial charge on any atom is 0.252 e. The molecule has 1 amide bonds. The summed E-state index contributed by atoms with van der Waals surface area (Å²) in [6.45, 7) is 5.73. The lowest BCUT2D eigenvalue weighted by Crippen LogP contribution is -2.36. The van der Waals surface area contributed by atoms with Gasteiger partial charge in [0.1, 0.15) is 0 Å². The first-order valence-electron chi connectivity index (χ1n) is 5.59. The van der Waals surface area contributed by atoms with Crippen molar-refractivity contribution in [1.29, 1.82) is 0 Å². The zero-order chi connectivity index (χ0) is 12.8. The fourth-order valence-electron chi connectivity index (χ4n) is 1.24. The summed E-state index contributed by atoms with van der Waals surface area (Å²) >= 11 is 3.29. The van der Waals surface area contributed by atoms with Gasteiger partial charge in [0.15, 0.2) is 0 Å². The summed E-state index contributed by atoms with van der Waals surface area (Å²) in [5.74, 6) is -0.0871. The van der Waals surface area contributed by atoms with Crippen LogP contribution >= 0.6 is 15.9 Å². The Hall–Kier alpha value is -0.940. The van der Waals surface area contributed by atoms with E-state index in [1.807, 2.05) is 7.05 Å². The predicted molar refractivity (Wildman–Crippen MR) is 72.0 cm³/mol. The lowest BCUT2D eigenvalue weighted by atomic mass is 10.2. The third-order valence-electron chi connectivity index (χ3n) is 2.60. The van der Waals surface area contributed by atoms with E-state index >= 15 is 0 Å². The summed E-state index contributed by atoms with van der Waals surface area (Å²) in [5, 5.41) is 2.87. The molecule has 1 aromatic rings. The number of halogens is 1. The van der Waals surface area contributed by atoms with Gasteiger partial charge in [0.2, 0.25) is 0 Å². The summed E-state index contributed by atoms with van der Waals surface area (Å²) < 4.78 is 0.810. The molecular weight excluding hydrogens is 282 g/mol. The van der Waals surface area contributed by atoms with Gasteiger partial charge in [-0.3, -0.25) is 9.78 Å². The number of nitrogens with one attached hydrogen (secondary N) is 1. The molecule has 0 bridgehead atoms. The molecule has 4 nitrogen and oxygen atoms in total. The molecule has 94 valence electrons. The van der Waals surface area contributed by atoms with Crippen molar-refractivity contribution >= 4 is 21.8 Å². The van der Waals surface area contributed by atoms with E-state index in [2.05, 4.69) is 45.0 Å². The second-order valence-electron chi connectivity index (χ2n) is 4.22. The van der Waals surface area contributed by atoms with E-state index in [0.717, 1.165) is 11.0 Å². The highest BCUT2D eigenvalue weighted by Gasteiger charge is 2.07. The number of rotatable bonds is 5. The van der Waals surface area contributed by atoms with Crippen molar-refractivity contribution in [3.63, 3.8) is 0 Å². The highest BCUT2D eigenvalue weighted by molar-refractivity contribution is 9.10. The van der Waals surface area contributed by atoms with E-state index in [1.54, 1.807) is 18.5 Å². The molecule has 1 heterocycles. The van der Waals surface area contributed by atoms with Crippen LogP contribution in [0.4, 0.5) is 0 Å². The fraction of sp³-hybridized carbons (Fsp3) is 0.500. The van der Waals surface area contributed by atoms with Crippen LogP contribution in [0.15, 0.2) is 22.9 Å². The molecule has 0 unspecified atom stereocenters. The Kier molecular flexibility index (Phi) is 5.58. The third kappa shape index (κ3) is 4.83. The SMILES string of the molecule is CC(C)N(C)CCNC(=O)c1cncc(Br)c1. The van der Waals surface area contributed by atoms with Crippen LogP contribution in [0.25, 0.3) is 0 Å². The molecule has 1 aromatic heterocycles. The standard InChI is InChI=1S/C12H18BrN3O/c1-9(2)16(3)5-4-15-12(17)10-6-11(13)8-14-7-10/h6-9H,4-5H2,1-3H3,(H,15,17). The highest BCUT2D eigenvalue weighted by atomic mass is 79.9. The van der Waals surface area contributed by atoms with E-state index < -0.39 is 0 Å². The van der Waals surface area contributed by atoms with Gasteiger partial charge in [-0.1, -0.05) is 0 Å². The van der Waals surface area contributed by atoms with Crippen LogP contribution in [0, 0.1) is 0 Å². The average molecular weight is 300 g/mol. The molecule has 0 saturated carbocycles. The van der Waals surface area contributed by atoms with Gasteiger partial charge in [-0.15, -0.1) is 0 Å². The number of nitrogens with zero attached hydrogens (tertiary/aromatic N) is 2. The van der Waals surface area contributed by atoms with Crippen LogP contribution < -0.4 is 5.32 Å². The number of carbonyl (C=O) groups is 1. The number of aromatic nitrogens is 1. The summed E-state index contributed by atoms with van der Waals surface area (Å²) in [5.41, 5.74) is 0.576. The molecule has 1 N–H and O–H groups in total. The number of pyridine rings is 1. The Balaban J connectivity index is 2.40. The van der Waals surface area contributed by atoms with Gasteiger partial charge in [0.05, 0.1) is 5.56 Å². The molecule has 0 aromatic carbocycles. The van der Waals surface area contributed by atoms with Crippen LogP contribution in [0.3, 0.4) is 0 Å². The van der Waals surface area contributed by atoms with Gasteiger partial charge in [0, 0.05) is 36.0 Å². The van der Waals surface area contributed by atoms with Crippen molar-refractivity contribution in [2.75, 3.05) is 20.1 Å². The van der Waals surface area contributed by atoms with E-state index in [-0.39, 0.29) is 5.91 Å². The minimum atomic E-state index is -0.0871. The topological polar surface area (TPSA) is 45.2 Å². The highest BCUT2D eigenvalue weighted by Crippen LogP contribution is 2.09. The molecular formula is C12H18BrN3O. The smallest absolute Gasteiger partial charge is 0.252 e. The second-order valence-corrected chi connectivity index (χ2v) is 5.14. The maximum atomic E-state index is 11.8. The van der Waals surface area contributed by atoms with Crippen molar-refractivity contribution in [3.8, 4) is 0 Å². The molecule has 5 heteroatoms. The van der Waals surface area contributed by atoms with Crippen molar-refractivity contribution in [3.05, 3.63) is 28.5 Å². The molecule has 0 atom stereocenters. The first-order valence-corrected chi connectivity index (χ1v) is 6.39. The lowest BCUT2D eigenvalue weighted by Gasteiger charge is -2.20. The van der Waals surface area contributed by atoms with E-state index in [9.17, 15) is 4.79 Å². The number of carbonyl (C=O) groups excluding carboxylic acids is 1. The largest absolute Gasteiger partial charge is 0.351 e. The zero-order valence-corrected chi connectivity index (χ0v) is 12.0. The van der Waals surface area contributed by atoms with Crippen LogP contribution in [0.2, 0.25) is 0 Å². The van der Waals surface area contributed by atoms with Crippen LogP contribution in [0.5, 0.6) is 0 Å². The van der Waals surface area contributed by atoms with Crippen molar-refractivity contribution in [2.24, 2.45) is 0 Å². The van der Waals surface area contributed by atoms with Gasteiger partial charge >= 0.3 is 0 Å². The molecule has 0 aliphatic rings. The van der Waals surface area contributed by atoms with Gasteiger partial charge < -0.3 is 10.2 Å². The first-order chi connectivity index (χ1) is 8.00. The first kappa shape index (κ1) is 14.1. The van der Waals surface area contributed by atoms with Crippen molar-refractivity contribution < 1.29 is 4.79 Å². The summed E-state index contributed by atoms with van der Waals surface area (Å²) in [6, 6.07) is 2.24. The molecule has 0 aliphatic carbocycles. The van der Waals surface area contributed by atoms with E-state index in [1.165, 1.54) is 0 Å². The van der Waals surface area contributed by atoms with Gasteiger partial charge in [-0.25, -0.2) is 0 Å². The number of amides is 1. The average Bonchev–Trinajstić information content (AvgIpc) is 2.28. The molecule has 17 heavy (non-hydrogen) atoms.